The quantitative estimate of drug-likeness (QED) is 0.786. The van der Waals surface area contributed by atoms with Crippen LogP contribution >= 0.6 is 22.3 Å². The average Bonchev–Trinajstić information content (AvgIpc) is 2.19. The van der Waals surface area contributed by atoms with E-state index in [0.29, 0.717) is 11.4 Å². The van der Waals surface area contributed by atoms with Gasteiger partial charge in [-0.1, -0.05) is 17.7 Å². The number of rotatable bonds is 5. The van der Waals surface area contributed by atoms with Crippen LogP contribution in [-0.4, -0.2) is 20.0 Å². The minimum atomic E-state index is -3.51. The molecule has 1 aromatic rings. The Morgan fingerprint density at radius 1 is 1.28 bits per heavy atom. The largest absolute Gasteiger partial charge is 0.300 e. The molecule has 0 aliphatic heterocycles. The van der Waals surface area contributed by atoms with E-state index in [1.165, 1.54) is 6.92 Å². The summed E-state index contributed by atoms with van der Waals surface area (Å²) in [6, 6.07) is 3.52. The highest BCUT2D eigenvalue weighted by molar-refractivity contribution is 8.13. The van der Waals surface area contributed by atoms with E-state index in [9.17, 15) is 13.2 Å². The molecule has 0 aromatic heterocycles. The smallest absolute Gasteiger partial charge is 0.232 e. The first kappa shape index (κ1) is 15.5. The molecule has 0 unspecified atom stereocenters. The number of ketones is 1. The first-order valence-corrected chi connectivity index (χ1v) is 8.24. The van der Waals surface area contributed by atoms with Crippen LogP contribution in [0.25, 0.3) is 0 Å². The number of carbonyl (C=O) groups excluding carboxylic acids is 1. The van der Waals surface area contributed by atoms with Crippen LogP contribution in [0.1, 0.15) is 23.6 Å². The van der Waals surface area contributed by atoms with Crippen molar-refractivity contribution in [3.8, 4) is 0 Å². The lowest BCUT2D eigenvalue weighted by Gasteiger charge is -2.09. The van der Waals surface area contributed by atoms with Crippen LogP contribution in [0.3, 0.4) is 0 Å². The number of Topliss-reactive ketones (excluding diaryl/α,β-unsaturated/α-hetero) is 1. The van der Waals surface area contributed by atoms with Crippen LogP contribution < -0.4 is 0 Å². The number of hydrogen-bond donors (Lipinski definition) is 0. The molecule has 0 saturated heterocycles. The lowest BCUT2D eigenvalue weighted by Crippen LogP contribution is -2.04. The minimum absolute atomic E-state index is 0.0346. The third-order valence-corrected chi connectivity index (χ3v) is 4.07. The molecule has 3 nitrogen and oxygen atoms in total. The maximum absolute atomic E-state index is 11.1. The van der Waals surface area contributed by atoms with Crippen LogP contribution in [0.2, 0.25) is 5.02 Å². The van der Waals surface area contributed by atoms with Crippen LogP contribution in [0.5, 0.6) is 0 Å². The lowest BCUT2D eigenvalue weighted by atomic mass is 10.0. The molecule has 0 radical (unpaired) electrons. The van der Waals surface area contributed by atoms with Gasteiger partial charge in [-0.15, -0.1) is 0 Å². The summed E-state index contributed by atoms with van der Waals surface area (Å²) >= 11 is 6.06. The summed E-state index contributed by atoms with van der Waals surface area (Å²) in [4.78, 5) is 11.1. The van der Waals surface area contributed by atoms with Crippen LogP contribution in [0.4, 0.5) is 0 Å². The maximum Gasteiger partial charge on any atom is 0.232 e. The van der Waals surface area contributed by atoms with Gasteiger partial charge in [0.15, 0.2) is 0 Å². The highest BCUT2D eigenvalue weighted by atomic mass is 35.7. The van der Waals surface area contributed by atoms with Crippen LogP contribution in [0, 0.1) is 6.92 Å². The molecule has 18 heavy (non-hydrogen) atoms. The van der Waals surface area contributed by atoms with Gasteiger partial charge >= 0.3 is 0 Å². The molecule has 1 aromatic carbocycles. The van der Waals surface area contributed by atoms with Crippen molar-refractivity contribution in [1.29, 1.82) is 0 Å². The van der Waals surface area contributed by atoms with E-state index >= 15 is 0 Å². The first-order chi connectivity index (χ1) is 8.19. The van der Waals surface area contributed by atoms with Gasteiger partial charge in [-0.2, -0.15) is 0 Å². The molecule has 0 aliphatic carbocycles. The zero-order chi connectivity index (χ0) is 13.9. The Labute approximate surface area is 117 Å². The zero-order valence-corrected chi connectivity index (χ0v) is 12.5. The molecule has 0 heterocycles. The topological polar surface area (TPSA) is 51.2 Å². The third kappa shape index (κ3) is 4.96. The molecule has 1 rings (SSSR count). The Morgan fingerprint density at radius 3 is 2.39 bits per heavy atom. The summed E-state index contributed by atoms with van der Waals surface area (Å²) in [5, 5.41) is 0.484. The van der Waals surface area contributed by atoms with E-state index in [2.05, 4.69) is 0 Å². The standard InChI is InChI=1S/C12H14Cl2O3S/c1-8-5-11(6-9(2)15)12(13)7-10(8)3-4-18(14,16)17/h5,7H,3-4,6H2,1-2H3. The molecule has 0 N–H and O–H groups in total. The SMILES string of the molecule is CC(=O)Cc1cc(C)c(CCS(=O)(=O)Cl)cc1Cl. The Bertz CT molecular complexity index is 565. The van der Waals surface area contributed by atoms with E-state index < -0.39 is 9.05 Å². The van der Waals surface area contributed by atoms with E-state index in [-0.39, 0.29) is 18.0 Å². The highest BCUT2D eigenvalue weighted by Crippen LogP contribution is 2.23. The summed E-state index contributed by atoms with van der Waals surface area (Å²) in [6.45, 7) is 3.36. The second-order valence-corrected chi connectivity index (χ2v) is 7.55. The van der Waals surface area contributed by atoms with Crippen molar-refractivity contribution in [2.75, 3.05) is 5.75 Å². The van der Waals surface area contributed by atoms with Gasteiger partial charge in [-0.25, -0.2) is 8.42 Å². The molecule has 0 spiro atoms. The lowest BCUT2D eigenvalue weighted by molar-refractivity contribution is -0.116. The minimum Gasteiger partial charge on any atom is -0.300 e. The maximum atomic E-state index is 11.1. The van der Waals surface area contributed by atoms with Gasteiger partial charge in [-0.05, 0) is 43.0 Å². The second-order valence-electron chi connectivity index (χ2n) is 4.24. The first-order valence-electron chi connectivity index (χ1n) is 5.38. The predicted octanol–water partition coefficient (Wildman–Crippen LogP) is 2.89. The van der Waals surface area contributed by atoms with Gasteiger partial charge in [0.1, 0.15) is 5.78 Å². The Hall–Kier alpha value is -0.580. The second kappa shape index (κ2) is 6.04. The molecule has 6 heteroatoms. The monoisotopic (exact) mass is 308 g/mol. The molecule has 100 valence electrons. The fourth-order valence-corrected chi connectivity index (χ4v) is 2.64. The van der Waals surface area contributed by atoms with E-state index in [1.54, 1.807) is 6.07 Å². The van der Waals surface area contributed by atoms with Gasteiger partial charge in [0.05, 0.1) is 5.75 Å². The van der Waals surface area contributed by atoms with Gasteiger partial charge in [-0.3, -0.25) is 4.79 Å². The molecule has 0 amide bonds. The average molecular weight is 309 g/mol. The van der Waals surface area contributed by atoms with Crippen LogP contribution in [-0.2, 0) is 26.7 Å². The summed E-state index contributed by atoms with van der Waals surface area (Å²) < 4.78 is 21.8. The van der Waals surface area contributed by atoms with Crippen molar-refractivity contribution >= 4 is 37.1 Å². The Kier molecular flexibility index (Phi) is 5.20. The van der Waals surface area contributed by atoms with E-state index in [1.807, 2.05) is 13.0 Å². The molecule has 0 bridgehead atoms. The Morgan fingerprint density at radius 2 is 1.89 bits per heavy atom. The van der Waals surface area contributed by atoms with Crippen molar-refractivity contribution in [1.82, 2.24) is 0 Å². The highest BCUT2D eigenvalue weighted by Gasteiger charge is 2.11. The molecule has 0 atom stereocenters. The number of benzene rings is 1. The summed E-state index contributed by atoms with van der Waals surface area (Å²) in [5.41, 5.74) is 2.51. The molecule has 0 saturated carbocycles. The van der Waals surface area contributed by atoms with Gasteiger partial charge < -0.3 is 0 Å². The number of hydrogen-bond acceptors (Lipinski definition) is 3. The van der Waals surface area contributed by atoms with Gasteiger partial charge in [0.25, 0.3) is 0 Å². The van der Waals surface area contributed by atoms with E-state index in [4.69, 9.17) is 22.3 Å². The normalized spacial score (nSPS) is 11.6. The number of carbonyl (C=O) groups is 1. The predicted molar refractivity (Wildman–Crippen MR) is 73.9 cm³/mol. The summed E-state index contributed by atoms with van der Waals surface area (Å²) in [6.07, 6.45) is 0.603. The fraction of sp³-hybridized carbons (Fsp3) is 0.417. The fourth-order valence-electron chi connectivity index (χ4n) is 1.69. The summed E-state index contributed by atoms with van der Waals surface area (Å²) in [7, 11) is 1.66. The molecular weight excluding hydrogens is 295 g/mol. The van der Waals surface area contributed by atoms with Crippen molar-refractivity contribution in [2.45, 2.75) is 26.7 Å². The Balaban J connectivity index is 2.96. The molecule has 0 aliphatic rings. The zero-order valence-electron chi connectivity index (χ0n) is 10.2. The number of halogens is 2. The van der Waals surface area contributed by atoms with Crippen molar-refractivity contribution in [3.63, 3.8) is 0 Å². The van der Waals surface area contributed by atoms with Crippen molar-refractivity contribution < 1.29 is 13.2 Å². The molecular formula is C12H14Cl2O3S. The van der Waals surface area contributed by atoms with Gasteiger partial charge in [0.2, 0.25) is 9.05 Å². The molecule has 0 fully saturated rings. The number of aryl methyl sites for hydroxylation is 2. The van der Waals surface area contributed by atoms with E-state index in [0.717, 1.165) is 16.7 Å². The summed E-state index contributed by atoms with van der Waals surface area (Å²) in [5.74, 6) is -0.0926. The van der Waals surface area contributed by atoms with Crippen molar-refractivity contribution in [3.05, 3.63) is 33.8 Å². The third-order valence-electron chi connectivity index (χ3n) is 2.56. The van der Waals surface area contributed by atoms with Gasteiger partial charge in [0, 0.05) is 22.1 Å². The van der Waals surface area contributed by atoms with Crippen molar-refractivity contribution in [2.24, 2.45) is 0 Å². The van der Waals surface area contributed by atoms with Crippen LogP contribution in [0.15, 0.2) is 12.1 Å².